The highest BCUT2D eigenvalue weighted by Crippen LogP contribution is 2.14. The lowest BCUT2D eigenvalue weighted by atomic mass is 10.3. The van der Waals surface area contributed by atoms with Gasteiger partial charge in [0.1, 0.15) is 0 Å². The van der Waals surface area contributed by atoms with Gasteiger partial charge in [-0.2, -0.15) is 5.10 Å². The predicted molar refractivity (Wildman–Crippen MR) is 64.2 cm³/mol. The van der Waals surface area contributed by atoms with Crippen molar-refractivity contribution in [2.75, 3.05) is 6.54 Å². The number of halogens is 1. The first-order valence-electron chi connectivity index (χ1n) is 4.91. The van der Waals surface area contributed by atoms with Crippen LogP contribution >= 0.6 is 22.9 Å². The maximum Gasteiger partial charge on any atom is 0.282 e. The lowest BCUT2D eigenvalue weighted by Crippen LogP contribution is -2.25. The molecule has 0 aliphatic heterocycles. The van der Waals surface area contributed by atoms with Crippen LogP contribution in [-0.4, -0.2) is 32.4 Å². The van der Waals surface area contributed by atoms with E-state index in [0.717, 1.165) is 17.0 Å². The molecule has 0 spiro atoms. The van der Waals surface area contributed by atoms with E-state index in [2.05, 4.69) is 20.6 Å². The normalized spacial score (nSPS) is 10.5. The first-order valence-corrected chi connectivity index (χ1v) is 6.10. The van der Waals surface area contributed by atoms with Crippen LogP contribution in [0.1, 0.15) is 15.5 Å². The molecule has 1 N–H and O–H groups in total. The number of amides is 1. The number of carbonyl (C=O) groups excluding carboxylic acids is 1. The van der Waals surface area contributed by atoms with E-state index in [4.69, 9.17) is 11.6 Å². The van der Waals surface area contributed by atoms with Crippen molar-refractivity contribution in [1.29, 1.82) is 0 Å². The second-order valence-corrected chi connectivity index (χ2v) is 4.91. The van der Waals surface area contributed by atoms with Crippen LogP contribution in [0, 0.1) is 0 Å². The summed E-state index contributed by atoms with van der Waals surface area (Å²) in [6.07, 6.45) is 2.54. The van der Waals surface area contributed by atoms with Gasteiger partial charge in [-0.3, -0.25) is 9.48 Å². The Balaban J connectivity index is 1.81. The number of nitrogens with one attached hydrogen (secondary N) is 1. The summed E-state index contributed by atoms with van der Waals surface area (Å²) < 4.78 is 1.99. The molecular formula is C9H10ClN5OS. The Morgan fingerprint density at radius 2 is 2.41 bits per heavy atom. The largest absolute Gasteiger partial charge is 0.350 e. The summed E-state index contributed by atoms with van der Waals surface area (Å²) in [5.41, 5.74) is 0.933. The minimum absolute atomic E-state index is 0.259. The van der Waals surface area contributed by atoms with Gasteiger partial charge in [0.2, 0.25) is 9.47 Å². The van der Waals surface area contributed by atoms with E-state index in [-0.39, 0.29) is 15.4 Å². The molecule has 0 fully saturated rings. The standard InChI is InChI=1S/C9H10ClN5OS/c1-15-5-3-6(14-15)2-4-11-7(16)8-12-13-9(10)17-8/h3,5H,2,4H2,1H3,(H,11,16). The van der Waals surface area contributed by atoms with E-state index < -0.39 is 0 Å². The average Bonchev–Trinajstić information content (AvgIpc) is 2.88. The molecule has 0 atom stereocenters. The summed E-state index contributed by atoms with van der Waals surface area (Å²) in [5, 5.41) is 14.4. The third kappa shape index (κ3) is 3.24. The topological polar surface area (TPSA) is 72.7 Å². The summed E-state index contributed by atoms with van der Waals surface area (Å²) in [6, 6.07) is 1.91. The van der Waals surface area contributed by atoms with E-state index in [9.17, 15) is 4.79 Å². The Hall–Kier alpha value is -1.47. The van der Waals surface area contributed by atoms with E-state index in [0.29, 0.717) is 13.0 Å². The van der Waals surface area contributed by atoms with Crippen molar-refractivity contribution in [1.82, 2.24) is 25.3 Å². The number of nitrogens with zero attached hydrogens (tertiary/aromatic N) is 4. The Morgan fingerprint density at radius 3 is 3.00 bits per heavy atom. The fraction of sp³-hybridized carbons (Fsp3) is 0.333. The smallest absolute Gasteiger partial charge is 0.282 e. The maximum atomic E-state index is 11.6. The molecule has 90 valence electrons. The van der Waals surface area contributed by atoms with Crippen molar-refractivity contribution in [2.24, 2.45) is 7.05 Å². The van der Waals surface area contributed by atoms with E-state index in [1.54, 1.807) is 4.68 Å². The van der Waals surface area contributed by atoms with Gasteiger partial charge < -0.3 is 5.32 Å². The lowest BCUT2D eigenvalue weighted by molar-refractivity contribution is 0.0953. The number of carbonyl (C=O) groups is 1. The summed E-state index contributed by atoms with van der Waals surface area (Å²) in [7, 11) is 1.85. The number of aryl methyl sites for hydroxylation is 1. The molecule has 17 heavy (non-hydrogen) atoms. The van der Waals surface area contributed by atoms with Gasteiger partial charge >= 0.3 is 0 Å². The van der Waals surface area contributed by atoms with Crippen LogP contribution in [0.4, 0.5) is 0 Å². The molecule has 0 unspecified atom stereocenters. The van der Waals surface area contributed by atoms with Crippen molar-refractivity contribution >= 4 is 28.8 Å². The molecular weight excluding hydrogens is 262 g/mol. The van der Waals surface area contributed by atoms with Gasteiger partial charge in [-0.05, 0) is 17.7 Å². The maximum absolute atomic E-state index is 11.6. The Bertz CT molecular complexity index is 523. The molecule has 8 heteroatoms. The fourth-order valence-corrected chi connectivity index (χ4v) is 2.02. The first kappa shape index (κ1) is 12.0. The lowest BCUT2D eigenvalue weighted by Gasteiger charge is -1.99. The van der Waals surface area contributed by atoms with Crippen molar-refractivity contribution < 1.29 is 4.79 Å². The highest BCUT2D eigenvalue weighted by molar-refractivity contribution is 7.17. The minimum atomic E-state index is -0.259. The summed E-state index contributed by atoms with van der Waals surface area (Å²) >= 11 is 6.65. The molecule has 2 heterocycles. The second-order valence-electron chi connectivity index (χ2n) is 3.35. The van der Waals surface area contributed by atoms with Gasteiger partial charge in [-0.15, -0.1) is 10.2 Å². The number of hydrogen-bond acceptors (Lipinski definition) is 5. The van der Waals surface area contributed by atoms with Crippen LogP contribution < -0.4 is 5.32 Å². The summed E-state index contributed by atoms with van der Waals surface area (Å²) in [6.45, 7) is 0.507. The molecule has 2 aromatic rings. The third-order valence-electron chi connectivity index (χ3n) is 2.03. The van der Waals surface area contributed by atoms with Crippen LogP contribution in [0.5, 0.6) is 0 Å². The number of aromatic nitrogens is 4. The van der Waals surface area contributed by atoms with E-state index in [1.165, 1.54) is 0 Å². The van der Waals surface area contributed by atoms with Gasteiger partial charge in [0.05, 0.1) is 5.69 Å². The van der Waals surface area contributed by atoms with Crippen molar-refractivity contribution in [3.05, 3.63) is 27.4 Å². The molecule has 0 aliphatic rings. The van der Waals surface area contributed by atoms with Gasteiger partial charge in [-0.25, -0.2) is 0 Å². The quantitative estimate of drug-likeness (QED) is 0.897. The number of hydrogen-bond donors (Lipinski definition) is 1. The molecule has 6 nitrogen and oxygen atoms in total. The van der Waals surface area contributed by atoms with Crippen LogP contribution in [0.25, 0.3) is 0 Å². The molecule has 0 saturated heterocycles. The molecule has 0 bridgehead atoms. The van der Waals surface area contributed by atoms with Gasteiger partial charge in [0.25, 0.3) is 5.91 Å². The second kappa shape index (κ2) is 5.24. The SMILES string of the molecule is Cn1ccc(CCNC(=O)c2nnc(Cl)s2)n1. The highest BCUT2D eigenvalue weighted by Gasteiger charge is 2.11. The average molecular weight is 272 g/mol. The molecule has 0 radical (unpaired) electrons. The van der Waals surface area contributed by atoms with E-state index in [1.807, 2.05) is 19.3 Å². The van der Waals surface area contributed by atoms with Crippen LogP contribution in [0.15, 0.2) is 12.3 Å². The summed E-state index contributed by atoms with van der Waals surface area (Å²) in [4.78, 5) is 11.6. The van der Waals surface area contributed by atoms with Crippen LogP contribution in [-0.2, 0) is 13.5 Å². The molecule has 0 saturated carbocycles. The monoisotopic (exact) mass is 271 g/mol. The zero-order chi connectivity index (χ0) is 12.3. The zero-order valence-electron chi connectivity index (χ0n) is 9.05. The molecule has 2 rings (SSSR count). The minimum Gasteiger partial charge on any atom is -0.350 e. The van der Waals surface area contributed by atoms with Gasteiger partial charge in [-0.1, -0.05) is 11.3 Å². The Morgan fingerprint density at radius 1 is 1.59 bits per heavy atom. The van der Waals surface area contributed by atoms with Gasteiger partial charge in [0, 0.05) is 26.2 Å². The van der Waals surface area contributed by atoms with Crippen LogP contribution in [0.3, 0.4) is 0 Å². The molecule has 0 aromatic carbocycles. The first-order chi connectivity index (χ1) is 8.15. The Labute approximate surface area is 107 Å². The van der Waals surface area contributed by atoms with Crippen molar-refractivity contribution in [2.45, 2.75) is 6.42 Å². The van der Waals surface area contributed by atoms with Crippen LogP contribution in [0.2, 0.25) is 4.47 Å². The summed E-state index contributed by atoms with van der Waals surface area (Å²) in [5.74, 6) is -0.259. The molecule has 1 amide bonds. The Kier molecular flexibility index (Phi) is 3.70. The van der Waals surface area contributed by atoms with Crippen molar-refractivity contribution in [3.63, 3.8) is 0 Å². The molecule has 2 aromatic heterocycles. The van der Waals surface area contributed by atoms with Gasteiger partial charge in [0.15, 0.2) is 0 Å². The zero-order valence-corrected chi connectivity index (χ0v) is 10.6. The number of rotatable bonds is 4. The third-order valence-corrected chi connectivity index (χ3v) is 3.05. The predicted octanol–water partition coefficient (Wildman–Crippen LogP) is 0.897. The highest BCUT2D eigenvalue weighted by atomic mass is 35.5. The fourth-order valence-electron chi connectivity index (χ4n) is 1.27. The van der Waals surface area contributed by atoms with Crippen molar-refractivity contribution in [3.8, 4) is 0 Å². The molecule has 0 aliphatic carbocycles. The van der Waals surface area contributed by atoms with E-state index >= 15 is 0 Å².